The van der Waals surface area contributed by atoms with E-state index < -0.39 is 29.6 Å². The Hall–Kier alpha value is -2.88. The molecule has 10 heteroatoms. The molecule has 2 aromatic rings. The molecule has 1 heterocycles. The van der Waals surface area contributed by atoms with E-state index in [1.165, 1.54) is 0 Å². The molecular formula is C26H31F3N4O3. The van der Waals surface area contributed by atoms with Gasteiger partial charge in [0.1, 0.15) is 5.82 Å². The van der Waals surface area contributed by atoms with E-state index in [0.717, 1.165) is 25.7 Å². The maximum atomic E-state index is 13.6. The molecule has 1 unspecified atom stereocenters. The van der Waals surface area contributed by atoms with E-state index in [0.29, 0.717) is 72.5 Å². The summed E-state index contributed by atoms with van der Waals surface area (Å²) in [5, 5.41) is 6.60. The Balaban J connectivity index is 1.42. The number of alkyl halides is 3. The van der Waals surface area contributed by atoms with E-state index in [2.05, 4.69) is 15.6 Å². The van der Waals surface area contributed by atoms with Crippen LogP contribution in [0.4, 0.5) is 24.7 Å². The van der Waals surface area contributed by atoms with Gasteiger partial charge in [0, 0.05) is 17.3 Å². The Labute approximate surface area is 207 Å². The maximum absolute atomic E-state index is 13.6. The Bertz CT molecular complexity index is 1120. The molecule has 7 nitrogen and oxygen atoms in total. The van der Waals surface area contributed by atoms with Crippen molar-refractivity contribution >= 4 is 34.3 Å². The van der Waals surface area contributed by atoms with E-state index in [1.54, 1.807) is 30.3 Å². The van der Waals surface area contributed by atoms with Crippen molar-refractivity contribution in [3.05, 3.63) is 30.3 Å². The Morgan fingerprint density at radius 1 is 1.08 bits per heavy atom. The lowest BCUT2D eigenvalue weighted by atomic mass is 9.48. The molecule has 0 spiro atoms. The smallest absolute Gasteiger partial charge is 0.445 e. The van der Waals surface area contributed by atoms with E-state index >= 15 is 0 Å². The number of rotatable bonds is 8. The summed E-state index contributed by atoms with van der Waals surface area (Å²) in [5.74, 6) is -1.28. The maximum Gasteiger partial charge on any atom is 0.490 e. The van der Waals surface area contributed by atoms with Crippen molar-refractivity contribution in [2.45, 2.75) is 57.2 Å². The highest BCUT2D eigenvalue weighted by molar-refractivity contribution is 6.03. The summed E-state index contributed by atoms with van der Waals surface area (Å²) in [6.45, 7) is 1.23. The summed E-state index contributed by atoms with van der Waals surface area (Å²) in [7, 11) is 0. The summed E-state index contributed by atoms with van der Waals surface area (Å²) < 4.78 is 44.6. The lowest BCUT2D eigenvalue weighted by Crippen LogP contribution is -2.57. The van der Waals surface area contributed by atoms with Gasteiger partial charge in [-0.2, -0.15) is 13.2 Å². The Morgan fingerprint density at radius 3 is 2.36 bits per heavy atom. The molecular weight excluding hydrogens is 473 g/mol. The minimum Gasteiger partial charge on any atom is -0.445 e. The summed E-state index contributed by atoms with van der Waals surface area (Å²) in [5.41, 5.74) is 5.79. The van der Waals surface area contributed by atoms with Crippen molar-refractivity contribution in [2.75, 3.05) is 23.7 Å². The predicted octanol–water partition coefficient (Wildman–Crippen LogP) is 4.62. The highest BCUT2D eigenvalue weighted by Gasteiger charge is 2.58. The highest BCUT2D eigenvalue weighted by atomic mass is 19.4. The van der Waals surface area contributed by atoms with E-state index in [9.17, 15) is 22.8 Å². The van der Waals surface area contributed by atoms with Crippen LogP contribution in [0.5, 0.6) is 0 Å². The van der Waals surface area contributed by atoms with E-state index in [1.807, 2.05) is 0 Å². The third-order valence-corrected chi connectivity index (χ3v) is 8.01. The molecule has 0 aliphatic heterocycles. The summed E-state index contributed by atoms with van der Waals surface area (Å²) in [4.78, 5) is 30.1. The zero-order valence-corrected chi connectivity index (χ0v) is 19.9. The molecule has 6 rings (SSSR count). The van der Waals surface area contributed by atoms with Crippen molar-refractivity contribution in [1.82, 2.24) is 4.98 Å². The minimum absolute atomic E-state index is 0.364. The molecule has 4 aliphatic carbocycles. The summed E-state index contributed by atoms with van der Waals surface area (Å²) >= 11 is 0. The number of esters is 1. The fourth-order valence-corrected chi connectivity index (χ4v) is 7.01. The second-order valence-corrected chi connectivity index (χ2v) is 10.7. The van der Waals surface area contributed by atoms with Crippen molar-refractivity contribution in [3.8, 4) is 0 Å². The first-order valence-electron chi connectivity index (χ1n) is 12.6. The second-order valence-electron chi connectivity index (χ2n) is 10.7. The van der Waals surface area contributed by atoms with Crippen LogP contribution in [-0.2, 0) is 14.3 Å². The third kappa shape index (κ3) is 4.87. The first-order chi connectivity index (χ1) is 17.2. The third-order valence-electron chi connectivity index (χ3n) is 8.01. The lowest BCUT2D eigenvalue weighted by molar-refractivity contribution is -0.217. The van der Waals surface area contributed by atoms with E-state index in [4.69, 9.17) is 10.5 Å². The van der Waals surface area contributed by atoms with Crippen LogP contribution in [0, 0.1) is 23.2 Å². The topological polar surface area (TPSA) is 106 Å². The zero-order chi connectivity index (χ0) is 25.5. The van der Waals surface area contributed by atoms with Gasteiger partial charge in [-0.25, -0.2) is 9.78 Å². The summed E-state index contributed by atoms with van der Waals surface area (Å²) in [6.07, 6.45) is -0.937. The standard InChI is InChI=1S/C26H31F3N4O3/c27-26(28,29)24(35)36-22(25-12-15-9-16(13-25)11-17(10-15)14-25)23(34)33-20-4-1-3-19-18(20)5-6-21(32-19)31-8-2-7-30/h1,3-6,15-17,22H,2,7-14,30H2,(H,31,32)(H,33,34). The van der Waals surface area contributed by atoms with Crippen molar-refractivity contribution in [3.63, 3.8) is 0 Å². The quantitative estimate of drug-likeness (QED) is 0.358. The molecule has 4 saturated carbocycles. The van der Waals surface area contributed by atoms with Crippen molar-refractivity contribution in [1.29, 1.82) is 0 Å². The number of fused-ring (bicyclic) bond motifs is 1. The molecule has 194 valence electrons. The fourth-order valence-electron chi connectivity index (χ4n) is 7.01. The zero-order valence-electron chi connectivity index (χ0n) is 19.9. The number of hydrogen-bond acceptors (Lipinski definition) is 6. The van der Waals surface area contributed by atoms with Crippen LogP contribution in [0.1, 0.15) is 44.9 Å². The molecule has 4 aliphatic rings. The number of ether oxygens (including phenoxy) is 1. The molecule has 4 N–H and O–H groups in total. The number of amides is 1. The first kappa shape index (κ1) is 24.8. The SMILES string of the molecule is NCCCNc1ccc2c(NC(=O)C(OC(=O)C(F)(F)F)C34CC5CC(CC(C5)C3)C4)cccc2n1. The normalized spacial score (nSPS) is 27.6. The molecule has 4 fully saturated rings. The largest absolute Gasteiger partial charge is 0.490 e. The lowest BCUT2D eigenvalue weighted by Gasteiger charge is -2.58. The Morgan fingerprint density at radius 2 is 1.75 bits per heavy atom. The van der Waals surface area contributed by atoms with Gasteiger partial charge < -0.3 is 21.1 Å². The molecule has 1 atom stereocenters. The number of nitrogens with one attached hydrogen (secondary N) is 2. The number of halogens is 3. The monoisotopic (exact) mass is 504 g/mol. The van der Waals surface area contributed by atoms with Crippen molar-refractivity contribution < 1.29 is 27.5 Å². The van der Waals surface area contributed by atoms with Gasteiger partial charge in [0.25, 0.3) is 5.91 Å². The molecule has 1 aromatic carbocycles. The number of carbonyl (C=O) groups excluding carboxylic acids is 2. The number of nitrogens with zero attached hydrogens (tertiary/aromatic N) is 1. The second kappa shape index (κ2) is 9.53. The van der Waals surface area contributed by atoms with Crippen LogP contribution in [-0.4, -0.2) is 42.2 Å². The number of anilines is 2. The van der Waals surface area contributed by atoms with Gasteiger partial charge in [-0.15, -0.1) is 0 Å². The molecule has 1 aromatic heterocycles. The van der Waals surface area contributed by atoms with Gasteiger partial charge in [0.05, 0.1) is 11.2 Å². The molecule has 4 bridgehead atoms. The Kier molecular flexibility index (Phi) is 6.57. The molecule has 0 radical (unpaired) electrons. The number of pyridine rings is 1. The van der Waals surface area contributed by atoms with Crippen LogP contribution >= 0.6 is 0 Å². The van der Waals surface area contributed by atoms with E-state index in [-0.39, 0.29) is 0 Å². The predicted molar refractivity (Wildman–Crippen MR) is 129 cm³/mol. The fraction of sp³-hybridized carbons (Fsp3) is 0.577. The van der Waals surface area contributed by atoms with Crippen LogP contribution in [0.2, 0.25) is 0 Å². The average Bonchev–Trinajstić information content (AvgIpc) is 2.81. The first-order valence-corrected chi connectivity index (χ1v) is 12.6. The van der Waals surface area contributed by atoms with Gasteiger partial charge >= 0.3 is 12.1 Å². The molecule has 1 amide bonds. The number of hydrogen-bond donors (Lipinski definition) is 3. The number of carbonyl (C=O) groups is 2. The van der Waals surface area contributed by atoms with Gasteiger partial charge in [0.2, 0.25) is 0 Å². The molecule has 36 heavy (non-hydrogen) atoms. The van der Waals surface area contributed by atoms with Crippen LogP contribution in [0.25, 0.3) is 10.9 Å². The molecule has 0 saturated heterocycles. The van der Waals surface area contributed by atoms with Gasteiger partial charge in [-0.3, -0.25) is 4.79 Å². The van der Waals surface area contributed by atoms with Gasteiger partial charge in [-0.05, 0) is 93.5 Å². The van der Waals surface area contributed by atoms with Crippen LogP contribution in [0.15, 0.2) is 30.3 Å². The number of benzene rings is 1. The minimum atomic E-state index is -5.17. The highest BCUT2D eigenvalue weighted by Crippen LogP contribution is 2.62. The number of nitrogens with two attached hydrogens (primary N) is 1. The average molecular weight is 505 g/mol. The van der Waals surface area contributed by atoms with Gasteiger partial charge in [-0.1, -0.05) is 6.07 Å². The van der Waals surface area contributed by atoms with Gasteiger partial charge in [0.15, 0.2) is 6.10 Å². The van der Waals surface area contributed by atoms with Crippen molar-refractivity contribution in [2.24, 2.45) is 28.9 Å². The van der Waals surface area contributed by atoms with Crippen LogP contribution < -0.4 is 16.4 Å². The van der Waals surface area contributed by atoms with Crippen LogP contribution in [0.3, 0.4) is 0 Å². The number of aromatic nitrogens is 1. The summed E-state index contributed by atoms with van der Waals surface area (Å²) in [6, 6.07) is 8.75.